The SMILES string of the molecule is NC(=O)CN1CCC[C@@H](Cc2cc(Nc3nccs3)ncn2)C1. The number of hydrogen-bond acceptors (Lipinski definition) is 7. The molecule has 0 spiro atoms. The van der Waals surface area contributed by atoms with Gasteiger partial charge >= 0.3 is 0 Å². The summed E-state index contributed by atoms with van der Waals surface area (Å²) in [6.07, 6.45) is 6.45. The van der Waals surface area contributed by atoms with Crippen LogP contribution in [0.25, 0.3) is 0 Å². The molecule has 23 heavy (non-hydrogen) atoms. The van der Waals surface area contributed by atoms with Crippen LogP contribution in [0, 0.1) is 5.92 Å². The molecule has 0 aromatic carbocycles. The Morgan fingerprint density at radius 1 is 1.43 bits per heavy atom. The third kappa shape index (κ3) is 4.70. The van der Waals surface area contributed by atoms with E-state index >= 15 is 0 Å². The highest BCUT2D eigenvalue weighted by Crippen LogP contribution is 2.22. The molecule has 1 atom stereocenters. The average molecular weight is 332 g/mol. The van der Waals surface area contributed by atoms with Crippen LogP contribution in [0.5, 0.6) is 0 Å². The van der Waals surface area contributed by atoms with Gasteiger partial charge < -0.3 is 11.1 Å². The van der Waals surface area contributed by atoms with Crippen molar-refractivity contribution in [1.29, 1.82) is 0 Å². The molecule has 1 aliphatic rings. The summed E-state index contributed by atoms with van der Waals surface area (Å²) in [6, 6.07) is 1.97. The van der Waals surface area contributed by atoms with Gasteiger partial charge in [-0.3, -0.25) is 9.69 Å². The lowest BCUT2D eigenvalue weighted by molar-refractivity contribution is -0.119. The van der Waals surface area contributed by atoms with Gasteiger partial charge in [0.05, 0.1) is 6.54 Å². The third-order valence-corrected chi connectivity index (χ3v) is 4.56. The van der Waals surface area contributed by atoms with Gasteiger partial charge in [0, 0.05) is 29.9 Å². The molecule has 3 rings (SSSR count). The number of nitrogens with two attached hydrogens (primary N) is 1. The predicted molar refractivity (Wildman–Crippen MR) is 89.5 cm³/mol. The van der Waals surface area contributed by atoms with Crippen molar-refractivity contribution in [2.45, 2.75) is 19.3 Å². The van der Waals surface area contributed by atoms with Crippen molar-refractivity contribution >= 4 is 28.2 Å². The average Bonchev–Trinajstić information content (AvgIpc) is 3.00. The lowest BCUT2D eigenvalue weighted by atomic mass is 9.93. The van der Waals surface area contributed by atoms with Crippen LogP contribution in [0.2, 0.25) is 0 Å². The number of likely N-dealkylation sites (tertiary alicyclic amines) is 1. The fourth-order valence-electron chi connectivity index (χ4n) is 2.95. The minimum atomic E-state index is -0.261. The molecule has 1 aliphatic heterocycles. The van der Waals surface area contributed by atoms with E-state index in [-0.39, 0.29) is 5.91 Å². The van der Waals surface area contributed by atoms with Crippen LogP contribution in [0.3, 0.4) is 0 Å². The number of primary amides is 1. The lowest BCUT2D eigenvalue weighted by Crippen LogP contribution is -2.41. The molecule has 7 nitrogen and oxygen atoms in total. The first kappa shape index (κ1) is 15.8. The molecule has 0 saturated carbocycles. The van der Waals surface area contributed by atoms with Crippen LogP contribution < -0.4 is 11.1 Å². The standard InChI is InChI=1S/C15H20N6OS/c16-13(22)9-21-4-1-2-11(8-21)6-12-7-14(19-10-18-12)20-15-17-3-5-23-15/h3,5,7,10-11H,1-2,4,6,8-9H2,(H2,16,22)(H,17,18,19,20)/t11-/m0/s1. The van der Waals surface area contributed by atoms with E-state index in [9.17, 15) is 4.79 Å². The van der Waals surface area contributed by atoms with Gasteiger partial charge in [-0.2, -0.15) is 0 Å². The zero-order chi connectivity index (χ0) is 16.1. The Kier molecular flexibility index (Phi) is 5.14. The summed E-state index contributed by atoms with van der Waals surface area (Å²) >= 11 is 1.53. The monoisotopic (exact) mass is 332 g/mol. The summed E-state index contributed by atoms with van der Waals surface area (Å²) in [5.41, 5.74) is 6.30. The summed E-state index contributed by atoms with van der Waals surface area (Å²) in [7, 11) is 0. The predicted octanol–water partition coefficient (Wildman–Crippen LogP) is 1.42. The molecule has 8 heteroatoms. The summed E-state index contributed by atoms with van der Waals surface area (Å²) in [6.45, 7) is 2.18. The molecule has 0 bridgehead atoms. The number of anilines is 2. The van der Waals surface area contributed by atoms with Gasteiger partial charge in [-0.15, -0.1) is 11.3 Å². The number of nitrogens with zero attached hydrogens (tertiary/aromatic N) is 4. The van der Waals surface area contributed by atoms with E-state index in [1.165, 1.54) is 11.3 Å². The fraction of sp³-hybridized carbons (Fsp3) is 0.467. The second-order valence-electron chi connectivity index (χ2n) is 5.77. The Hall–Kier alpha value is -2.06. The van der Waals surface area contributed by atoms with Gasteiger partial charge in [0.2, 0.25) is 5.91 Å². The topological polar surface area (TPSA) is 97.0 Å². The first-order valence-corrected chi connectivity index (χ1v) is 8.55. The number of hydrogen-bond donors (Lipinski definition) is 2. The second kappa shape index (κ2) is 7.47. The van der Waals surface area contributed by atoms with Gasteiger partial charge in [0.15, 0.2) is 5.13 Å². The number of nitrogens with one attached hydrogen (secondary N) is 1. The normalized spacial score (nSPS) is 18.7. The van der Waals surface area contributed by atoms with Crippen molar-refractivity contribution in [3.8, 4) is 0 Å². The maximum absolute atomic E-state index is 11.1. The molecule has 0 aliphatic carbocycles. The molecule has 122 valence electrons. The molecule has 2 aromatic heterocycles. The van der Waals surface area contributed by atoms with Crippen LogP contribution >= 0.6 is 11.3 Å². The molecule has 1 saturated heterocycles. The van der Waals surface area contributed by atoms with Crippen molar-refractivity contribution in [2.24, 2.45) is 11.7 Å². The smallest absolute Gasteiger partial charge is 0.231 e. The first-order chi connectivity index (χ1) is 11.2. The summed E-state index contributed by atoms with van der Waals surface area (Å²) in [4.78, 5) is 26.0. The van der Waals surface area contributed by atoms with Crippen molar-refractivity contribution in [3.63, 3.8) is 0 Å². The number of piperidine rings is 1. The number of carbonyl (C=O) groups excluding carboxylic acids is 1. The van der Waals surface area contributed by atoms with Gasteiger partial charge in [-0.1, -0.05) is 0 Å². The highest BCUT2D eigenvalue weighted by Gasteiger charge is 2.21. The highest BCUT2D eigenvalue weighted by atomic mass is 32.1. The molecule has 3 N–H and O–H groups in total. The largest absolute Gasteiger partial charge is 0.369 e. The van der Waals surface area contributed by atoms with Crippen LogP contribution in [0.15, 0.2) is 24.0 Å². The zero-order valence-corrected chi connectivity index (χ0v) is 13.6. The maximum atomic E-state index is 11.1. The van der Waals surface area contributed by atoms with E-state index in [4.69, 9.17) is 5.73 Å². The Labute approximate surface area is 139 Å². The van der Waals surface area contributed by atoms with Gasteiger partial charge in [-0.05, 0) is 31.7 Å². The molecule has 0 unspecified atom stereocenters. The van der Waals surface area contributed by atoms with E-state index < -0.39 is 0 Å². The maximum Gasteiger partial charge on any atom is 0.231 e. The highest BCUT2D eigenvalue weighted by molar-refractivity contribution is 7.13. The number of thiazole rings is 1. The Morgan fingerprint density at radius 3 is 3.13 bits per heavy atom. The van der Waals surface area contributed by atoms with E-state index in [1.807, 2.05) is 11.4 Å². The minimum absolute atomic E-state index is 0.261. The molecule has 2 aromatic rings. The molecule has 1 fully saturated rings. The Morgan fingerprint density at radius 2 is 2.35 bits per heavy atom. The number of amides is 1. The minimum Gasteiger partial charge on any atom is -0.369 e. The van der Waals surface area contributed by atoms with Crippen LogP contribution in [0.1, 0.15) is 18.5 Å². The van der Waals surface area contributed by atoms with Gasteiger partial charge in [0.25, 0.3) is 0 Å². The van der Waals surface area contributed by atoms with E-state index in [1.54, 1.807) is 12.5 Å². The van der Waals surface area contributed by atoms with Crippen molar-refractivity contribution in [3.05, 3.63) is 29.7 Å². The Bertz CT molecular complexity index is 647. The molecular formula is C15H20N6OS. The van der Waals surface area contributed by atoms with Crippen LogP contribution in [-0.4, -0.2) is 45.4 Å². The second-order valence-corrected chi connectivity index (χ2v) is 6.67. The van der Waals surface area contributed by atoms with Gasteiger partial charge in [0.1, 0.15) is 12.1 Å². The summed E-state index contributed by atoms with van der Waals surface area (Å²) < 4.78 is 0. The fourth-order valence-corrected chi connectivity index (χ4v) is 3.49. The van der Waals surface area contributed by atoms with Gasteiger partial charge in [-0.25, -0.2) is 15.0 Å². The molecular weight excluding hydrogens is 312 g/mol. The van der Waals surface area contributed by atoms with E-state index in [0.29, 0.717) is 12.5 Å². The van der Waals surface area contributed by atoms with E-state index in [2.05, 4.69) is 25.2 Å². The summed E-state index contributed by atoms with van der Waals surface area (Å²) in [5.74, 6) is 0.989. The van der Waals surface area contributed by atoms with Crippen LogP contribution in [0.4, 0.5) is 10.9 Å². The number of rotatable bonds is 6. The zero-order valence-electron chi connectivity index (χ0n) is 12.8. The first-order valence-electron chi connectivity index (χ1n) is 7.67. The lowest BCUT2D eigenvalue weighted by Gasteiger charge is -2.31. The van der Waals surface area contributed by atoms with Crippen molar-refractivity contribution < 1.29 is 4.79 Å². The van der Waals surface area contributed by atoms with E-state index in [0.717, 1.165) is 49.0 Å². The third-order valence-electron chi connectivity index (χ3n) is 3.87. The Balaban J connectivity index is 1.60. The molecule has 1 amide bonds. The quantitative estimate of drug-likeness (QED) is 0.830. The van der Waals surface area contributed by atoms with Crippen LogP contribution in [-0.2, 0) is 11.2 Å². The molecule has 0 radical (unpaired) electrons. The van der Waals surface area contributed by atoms with Crippen molar-refractivity contribution in [1.82, 2.24) is 19.9 Å². The van der Waals surface area contributed by atoms with Crippen molar-refractivity contribution in [2.75, 3.05) is 25.0 Å². The number of carbonyl (C=O) groups is 1. The number of aromatic nitrogens is 3. The summed E-state index contributed by atoms with van der Waals surface area (Å²) in [5, 5.41) is 5.92. The molecule has 3 heterocycles.